The summed E-state index contributed by atoms with van der Waals surface area (Å²) in [5.74, 6) is 0. The molecule has 1 N–H and O–H groups in total. The summed E-state index contributed by atoms with van der Waals surface area (Å²) in [5.41, 5.74) is 2.42. The van der Waals surface area contributed by atoms with Gasteiger partial charge >= 0.3 is 0 Å². The van der Waals surface area contributed by atoms with Crippen molar-refractivity contribution >= 4 is 10.0 Å². The zero-order chi connectivity index (χ0) is 13.9. The van der Waals surface area contributed by atoms with Crippen molar-refractivity contribution < 1.29 is 8.42 Å². The van der Waals surface area contributed by atoms with Crippen LogP contribution < -0.4 is 5.32 Å². The third-order valence-corrected chi connectivity index (χ3v) is 5.89. The van der Waals surface area contributed by atoms with Crippen molar-refractivity contribution in [3.05, 3.63) is 35.4 Å². The molecule has 0 amide bonds. The predicted octanol–water partition coefficient (Wildman–Crippen LogP) is 1.37. The molecule has 5 heteroatoms. The molecule has 106 valence electrons. The molecule has 0 spiro atoms. The van der Waals surface area contributed by atoms with Gasteiger partial charge in [0, 0.05) is 19.6 Å². The first kappa shape index (κ1) is 14.5. The topological polar surface area (TPSA) is 49.4 Å². The van der Waals surface area contributed by atoms with Gasteiger partial charge in [-0.25, -0.2) is 8.42 Å². The fraction of sp³-hybridized carbons (Fsp3) is 0.571. The van der Waals surface area contributed by atoms with E-state index in [1.807, 2.05) is 18.2 Å². The second-order valence-corrected chi connectivity index (χ2v) is 7.47. The fourth-order valence-corrected chi connectivity index (χ4v) is 4.12. The van der Waals surface area contributed by atoms with Gasteiger partial charge in [0.25, 0.3) is 0 Å². The Balaban J connectivity index is 2.23. The van der Waals surface area contributed by atoms with Crippen molar-refractivity contribution in [2.24, 2.45) is 0 Å². The lowest BCUT2D eigenvalue weighted by Gasteiger charge is -2.24. The van der Waals surface area contributed by atoms with Gasteiger partial charge in [0.1, 0.15) is 0 Å². The first-order chi connectivity index (χ1) is 9.05. The minimum atomic E-state index is -3.22. The lowest BCUT2D eigenvalue weighted by atomic mass is 10.0. The highest BCUT2D eigenvalue weighted by Crippen LogP contribution is 2.22. The van der Waals surface area contributed by atoms with Crippen molar-refractivity contribution in [2.75, 3.05) is 20.1 Å². The van der Waals surface area contributed by atoms with Crippen molar-refractivity contribution in [3.63, 3.8) is 0 Å². The van der Waals surface area contributed by atoms with E-state index in [0.29, 0.717) is 19.6 Å². The van der Waals surface area contributed by atoms with Crippen LogP contribution in [0.2, 0.25) is 0 Å². The summed E-state index contributed by atoms with van der Waals surface area (Å²) >= 11 is 0. The summed E-state index contributed by atoms with van der Waals surface area (Å²) < 4.78 is 26.7. The molecule has 1 aromatic rings. The molecule has 1 unspecified atom stereocenters. The lowest BCUT2D eigenvalue weighted by molar-refractivity contribution is 0.402. The van der Waals surface area contributed by atoms with Crippen LogP contribution in [0.4, 0.5) is 0 Å². The minimum absolute atomic E-state index is 0.386. The monoisotopic (exact) mass is 282 g/mol. The van der Waals surface area contributed by atoms with Gasteiger partial charge in [-0.15, -0.1) is 0 Å². The van der Waals surface area contributed by atoms with Crippen LogP contribution >= 0.6 is 0 Å². The van der Waals surface area contributed by atoms with Gasteiger partial charge in [0.15, 0.2) is 0 Å². The quantitative estimate of drug-likeness (QED) is 0.907. The van der Waals surface area contributed by atoms with Crippen molar-refractivity contribution in [2.45, 2.75) is 31.6 Å². The molecule has 1 atom stereocenters. The standard InChI is InChI=1S/C14H22N2O2S/c1-12(10-15-2)19(17,18)16-9-5-8-13-6-3-4-7-14(13)11-16/h3-4,6-7,12,15H,5,8-11H2,1-2H3. The highest BCUT2D eigenvalue weighted by molar-refractivity contribution is 7.89. The Hall–Kier alpha value is -0.910. The van der Waals surface area contributed by atoms with E-state index in [2.05, 4.69) is 11.4 Å². The third kappa shape index (κ3) is 3.16. The molecule has 0 aromatic heterocycles. The molecule has 4 nitrogen and oxygen atoms in total. The summed E-state index contributed by atoms with van der Waals surface area (Å²) in [6, 6.07) is 8.13. The number of hydrogen-bond donors (Lipinski definition) is 1. The van der Waals surface area contributed by atoms with Gasteiger partial charge < -0.3 is 5.32 Å². The maximum absolute atomic E-state index is 12.5. The number of nitrogens with zero attached hydrogens (tertiary/aromatic N) is 1. The molecule has 1 aromatic carbocycles. The Labute approximate surface area is 115 Å². The van der Waals surface area contributed by atoms with Crippen LogP contribution in [0, 0.1) is 0 Å². The number of rotatable bonds is 4. The van der Waals surface area contributed by atoms with E-state index in [1.165, 1.54) is 5.56 Å². The van der Waals surface area contributed by atoms with Crippen LogP contribution in [0.1, 0.15) is 24.5 Å². The number of aryl methyl sites for hydroxylation is 1. The van der Waals surface area contributed by atoms with E-state index < -0.39 is 10.0 Å². The molecule has 1 aliphatic rings. The molecule has 1 heterocycles. The fourth-order valence-electron chi connectivity index (χ4n) is 2.54. The minimum Gasteiger partial charge on any atom is -0.318 e. The van der Waals surface area contributed by atoms with Gasteiger partial charge in [-0.1, -0.05) is 24.3 Å². The van der Waals surface area contributed by atoms with Gasteiger partial charge in [-0.05, 0) is 37.9 Å². The number of hydrogen-bond acceptors (Lipinski definition) is 3. The largest absolute Gasteiger partial charge is 0.318 e. The summed E-state index contributed by atoms with van der Waals surface area (Å²) in [7, 11) is -1.44. The molecule has 0 saturated carbocycles. The van der Waals surface area contributed by atoms with E-state index in [4.69, 9.17) is 0 Å². The molecule has 0 radical (unpaired) electrons. The third-order valence-electron chi connectivity index (χ3n) is 3.68. The molecule has 19 heavy (non-hydrogen) atoms. The number of benzene rings is 1. The highest BCUT2D eigenvalue weighted by Gasteiger charge is 2.29. The van der Waals surface area contributed by atoms with E-state index in [9.17, 15) is 8.42 Å². The second-order valence-electron chi connectivity index (χ2n) is 5.12. The number of sulfonamides is 1. The summed E-state index contributed by atoms with van der Waals surface area (Å²) in [4.78, 5) is 0. The van der Waals surface area contributed by atoms with Gasteiger partial charge in [0.2, 0.25) is 10.0 Å². The maximum Gasteiger partial charge on any atom is 0.218 e. The summed E-state index contributed by atoms with van der Waals surface area (Å²) in [6.07, 6.45) is 1.85. The van der Waals surface area contributed by atoms with E-state index in [0.717, 1.165) is 18.4 Å². The van der Waals surface area contributed by atoms with Gasteiger partial charge in [0.05, 0.1) is 5.25 Å². The molecule has 0 aliphatic carbocycles. The zero-order valence-electron chi connectivity index (χ0n) is 11.6. The SMILES string of the molecule is CNCC(C)S(=O)(=O)N1CCCc2ccccc2C1. The van der Waals surface area contributed by atoms with Crippen LogP contribution in [0.3, 0.4) is 0 Å². The molecular weight excluding hydrogens is 260 g/mol. The summed E-state index contributed by atoms with van der Waals surface area (Å²) in [6.45, 7) is 3.38. The molecule has 0 bridgehead atoms. The van der Waals surface area contributed by atoms with Gasteiger partial charge in [-0.2, -0.15) is 4.31 Å². The molecule has 0 fully saturated rings. The van der Waals surface area contributed by atoms with Crippen molar-refractivity contribution in [3.8, 4) is 0 Å². The molecule has 1 aliphatic heterocycles. The first-order valence-corrected chi connectivity index (χ1v) is 8.26. The number of nitrogens with one attached hydrogen (secondary N) is 1. The van der Waals surface area contributed by atoms with Crippen LogP contribution in [0.5, 0.6) is 0 Å². The Bertz CT molecular complexity index is 528. The highest BCUT2D eigenvalue weighted by atomic mass is 32.2. The first-order valence-electron chi connectivity index (χ1n) is 6.76. The Morgan fingerprint density at radius 3 is 2.68 bits per heavy atom. The average Bonchev–Trinajstić information content (AvgIpc) is 2.61. The van der Waals surface area contributed by atoms with Crippen molar-refractivity contribution in [1.82, 2.24) is 9.62 Å². The van der Waals surface area contributed by atoms with E-state index >= 15 is 0 Å². The van der Waals surface area contributed by atoms with Gasteiger partial charge in [-0.3, -0.25) is 0 Å². The van der Waals surface area contributed by atoms with E-state index in [1.54, 1.807) is 18.3 Å². The number of fused-ring (bicyclic) bond motifs is 1. The lowest BCUT2D eigenvalue weighted by Crippen LogP contribution is -2.41. The molecule has 0 saturated heterocycles. The van der Waals surface area contributed by atoms with Crippen LogP contribution in [-0.4, -0.2) is 38.1 Å². The smallest absolute Gasteiger partial charge is 0.218 e. The molecular formula is C14H22N2O2S. The predicted molar refractivity (Wildman–Crippen MR) is 77.5 cm³/mol. The Kier molecular flexibility index (Phi) is 4.60. The van der Waals surface area contributed by atoms with Crippen LogP contribution in [0.25, 0.3) is 0 Å². The Morgan fingerprint density at radius 1 is 1.32 bits per heavy atom. The summed E-state index contributed by atoms with van der Waals surface area (Å²) in [5, 5.41) is 2.56. The molecule has 2 rings (SSSR count). The van der Waals surface area contributed by atoms with E-state index in [-0.39, 0.29) is 5.25 Å². The van der Waals surface area contributed by atoms with Crippen LogP contribution in [0.15, 0.2) is 24.3 Å². The van der Waals surface area contributed by atoms with Crippen molar-refractivity contribution in [1.29, 1.82) is 0 Å². The normalized spacial score (nSPS) is 18.6. The van der Waals surface area contributed by atoms with Crippen LogP contribution in [-0.2, 0) is 23.0 Å². The second kappa shape index (κ2) is 6.03. The average molecular weight is 282 g/mol. The zero-order valence-corrected chi connectivity index (χ0v) is 12.4. The Morgan fingerprint density at radius 2 is 2.00 bits per heavy atom. The maximum atomic E-state index is 12.5.